The Bertz CT molecular complexity index is 629. The van der Waals surface area contributed by atoms with E-state index in [1.165, 1.54) is 11.4 Å². The number of nitrogens with two attached hydrogens (primary N) is 1. The van der Waals surface area contributed by atoms with Gasteiger partial charge in [0.2, 0.25) is 0 Å². The molecule has 0 bridgehead atoms. The van der Waals surface area contributed by atoms with Gasteiger partial charge in [0.05, 0.1) is 30.4 Å². The standard InChI is InChI=1S/C17H24N4O/c1-3-16-17(20-9-7-13(18)8-10-20)12-19-21(16)14-5-4-6-15(11-14)22-2/h4-6,11-13H,3,7-10,18H2,1-2H3. The summed E-state index contributed by atoms with van der Waals surface area (Å²) in [5.74, 6) is 0.848. The van der Waals surface area contributed by atoms with Crippen LogP contribution in [0.1, 0.15) is 25.5 Å². The molecule has 3 rings (SSSR count). The maximum atomic E-state index is 6.01. The Hall–Kier alpha value is -2.01. The first kappa shape index (κ1) is 14.9. The molecule has 1 aliphatic heterocycles. The Morgan fingerprint density at radius 3 is 2.77 bits per heavy atom. The first-order chi connectivity index (χ1) is 10.7. The summed E-state index contributed by atoms with van der Waals surface area (Å²) in [5.41, 5.74) is 9.52. The van der Waals surface area contributed by atoms with E-state index in [2.05, 4.69) is 23.0 Å². The summed E-state index contributed by atoms with van der Waals surface area (Å²) in [6.45, 7) is 4.20. The molecule has 118 valence electrons. The number of benzene rings is 1. The zero-order valence-electron chi connectivity index (χ0n) is 13.3. The Morgan fingerprint density at radius 1 is 1.32 bits per heavy atom. The largest absolute Gasteiger partial charge is 0.497 e. The van der Waals surface area contributed by atoms with Crippen molar-refractivity contribution in [1.29, 1.82) is 0 Å². The number of nitrogens with zero attached hydrogens (tertiary/aromatic N) is 3. The summed E-state index contributed by atoms with van der Waals surface area (Å²) in [6, 6.07) is 8.36. The molecule has 2 heterocycles. The van der Waals surface area contributed by atoms with Gasteiger partial charge in [-0.15, -0.1) is 0 Å². The molecule has 0 atom stereocenters. The predicted octanol–water partition coefficient (Wildman–Crippen LogP) is 2.37. The van der Waals surface area contributed by atoms with E-state index in [1.807, 2.05) is 29.1 Å². The van der Waals surface area contributed by atoms with E-state index >= 15 is 0 Å². The maximum Gasteiger partial charge on any atom is 0.121 e. The van der Waals surface area contributed by atoms with Gasteiger partial charge in [0, 0.05) is 25.2 Å². The lowest BCUT2D eigenvalue weighted by Crippen LogP contribution is -2.39. The summed E-state index contributed by atoms with van der Waals surface area (Å²) < 4.78 is 7.34. The van der Waals surface area contributed by atoms with E-state index in [0.29, 0.717) is 6.04 Å². The second-order valence-corrected chi connectivity index (χ2v) is 5.77. The van der Waals surface area contributed by atoms with Gasteiger partial charge in [-0.25, -0.2) is 4.68 Å². The lowest BCUT2D eigenvalue weighted by Gasteiger charge is -2.31. The number of ether oxygens (including phenoxy) is 1. The molecule has 2 aromatic rings. The summed E-state index contributed by atoms with van der Waals surface area (Å²) in [4.78, 5) is 2.41. The Labute approximate surface area is 131 Å². The van der Waals surface area contributed by atoms with Crippen molar-refractivity contribution < 1.29 is 4.74 Å². The van der Waals surface area contributed by atoms with Crippen LogP contribution in [-0.2, 0) is 6.42 Å². The highest BCUT2D eigenvalue weighted by Crippen LogP contribution is 2.27. The Balaban J connectivity index is 1.93. The quantitative estimate of drug-likeness (QED) is 0.942. The molecule has 1 aliphatic rings. The van der Waals surface area contributed by atoms with Crippen LogP contribution in [0, 0.1) is 0 Å². The minimum absolute atomic E-state index is 0.342. The topological polar surface area (TPSA) is 56.3 Å². The molecule has 0 spiro atoms. The normalized spacial score (nSPS) is 16.0. The second-order valence-electron chi connectivity index (χ2n) is 5.77. The molecule has 0 saturated carbocycles. The summed E-state index contributed by atoms with van der Waals surface area (Å²) in [5, 5.41) is 4.62. The van der Waals surface area contributed by atoms with E-state index in [4.69, 9.17) is 10.5 Å². The first-order valence-electron chi connectivity index (χ1n) is 7.94. The van der Waals surface area contributed by atoms with E-state index in [0.717, 1.165) is 43.8 Å². The molecule has 1 saturated heterocycles. The fourth-order valence-corrected chi connectivity index (χ4v) is 3.07. The smallest absolute Gasteiger partial charge is 0.121 e. The minimum Gasteiger partial charge on any atom is -0.497 e. The molecule has 22 heavy (non-hydrogen) atoms. The van der Waals surface area contributed by atoms with Crippen LogP contribution in [0.3, 0.4) is 0 Å². The van der Waals surface area contributed by atoms with Crippen LogP contribution in [0.15, 0.2) is 30.5 Å². The van der Waals surface area contributed by atoms with Gasteiger partial charge in [0.15, 0.2) is 0 Å². The highest BCUT2D eigenvalue weighted by atomic mass is 16.5. The fraction of sp³-hybridized carbons (Fsp3) is 0.471. The van der Waals surface area contributed by atoms with Crippen LogP contribution in [0.5, 0.6) is 5.75 Å². The minimum atomic E-state index is 0.342. The zero-order valence-corrected chi connectivity index (χ0v) is 13.3. The van der Waals surface area contributed by atoms with Gasteiger partial charge < -0.3 is 15.4 Å². The average Bonchev–Trinajstić information content (AvgIpc) is 2.99. The average molecular weight is 300 g/mol. The number of methoxy groups -OCH3 is 1. The van der Waals surface area contributed by atoms with E-state index in [9.17, 15) is 0 Å². The molecule has 0 radical (unpaired) electrons. The number of piperidine rings is 1. The van der Waals surface area contributed by atoms with Crippen LogP contribution in [0.2, 0.25) is 0 Å². The van der Waals surface area contributed by atoms with Crippen LogP contribution < -0.4 is 15.4 Å². The number of hydrogen-bond acceptors (Lipinski definition) is 4. The van der Waals surface area contributed by atoms with Gasteiger partial charge in [0.25, 0.3) is 0 Å². The second kappa shape index (κ2) is 6.40. The molecule has 2 N–H and O–H groups in total. The van der Waals surface area contributed by atoms with Crippen molar-refractivity contribution in [1.82, 2.24) is 9.78 Å². The van der Waals surface area contributed by atoms with Gasteiger partial charge in [-0.3, -0.25) is 0 Å². The molecule has 1 aromatic carbocycles. The lowest BCUT2D eigenvalue weighted by molar-refractivity contribution is 0.414. The van der Waals surface area contributed by atoms with Gasteiger partial charge in [-0.05, 0) is 31.4 Å². The van der Waals surface area contributed by atoms with Crippen molar-refractivity contribution >= 4 is 5.69 Å². The molecule has 5 heteroatoms. The van der Waals surface area contributed by atoms with Gasteiger partial charge >= 0.3 is 0 Å². The van der Waals surface area contributed by atoms with E-state index < -0.39 is 0 Å². The Morgan fingerprint density at radius 2 is 2.09 bits per heavy atom. The molecule has 0 amide bonds. The van der Waals surface area contributed by atoms with Crippen LogP contribution in [-0.4, -0.2) is 36.0 Å². The molecule has 0 unspecified atom stereocenters. The SMILES string of the molecule is CCc1c(N2CCC(N)CC2)cnn1-c1cccc(OC)c1. The fourth-order valence-electron chi connectivity index (χ4n) is 3.07. The summed E-state index contributed by atoms with van der Waals surface area (Å²) >= 11 is 0. The third-order valence-corrected chi connectivity index (χ3v) is 4.36. The van der Waals surface area contributed by atoms with Crippen molar-refractivity contribution in [2.75, 3.05) is 25.1 Å². The Kier molecular flexibility index (Phi) is 4.34. The van der Waals surface area contributed by atoms with Gasteiger partial charge in [-0.1, -0.05) is 13.0 Å². The molecule has 0 aliphatic carbocycles. The molecular formula is C17H24N4O. The van der Waals surface area contributed by atoms with E-state index in [1.54, 1.807) is 7.11 Å². The predicted molar refractivity (Wildman–Crippen MR) is 88.9 cm³/mol. The van der Waals surface area contributed by atoms with Crippen LogP contribution in [0.25, 0.3) is 5.69 Å². The van der Waals surface area contributed by atoms with Gasteiger partial charge in [-0.2, -0.15) is 5.10 Å². The van der Waals surface area contributed by atoms with Crippen molar-refractivity contribution in [2.24, 2.45) is 5.73 Å². The van der Waals surface area contributed by atoms with Crippen molar-refractivity contribution in [2.45, 2.75) is 32.2 Å². The molecule has 5 nitrogen and oxygen atoms in total. The summed E-state index contributed by atoms with van der Waals surface area (Å²) in [6.07, 6.45) is 5.02. The zero-order chi connectivity index (χ0) is 15.5. The van der Waals surface area contributed by atoms with Crippen molar-refractivity contribution in [3.05, 3.63) is 36.2 Å². The van der Waals surface area contributed by atoms with Gasteiger partial charge in [0.1, 0.15) is 5.75 Å². The van der Waals surface area contributed by atoms with Crippen molar-refractivity contribution in [3.63, 3.8) is 0 Å². The highest BCUT2D eigenvalue weighted by Gasteiger charge is 2.21. The molecule has 1 fully saturated rings. The van der Waals surface area contributed by atoms with Crippen LogP contribution >= 0.6 is 0 Å². The number of hydrogen-bond donors (Lipinski definition) is 1. The van der Waals surface area contributed by atoms with E-state index in [-0.39, 0.29) is 0 Å². The first-order valence-corrected chi connectivity index (χ1v) is 7.94. The lowest BCUT2D eigenvalue weighted by atomic mass is 10.1. The third kappa shape index (κ3) is 2.81. The number of rotatable bonds is 4. The van der Waals surface area contributed by atoms with Crippen LogP contribution in [0.4, 0.5) is 5.69 Å². The number of aromatic nitrogens is 2. The summed E-state index contributed by atoms with van der Waals surface area (Å²) in [7, 11) is 1.69. The maximum absolute atomic E-state index is 6.01. The third-order valence-electron chi connectivity index (χ3n) is 4.36. The monoisotopic (exact) mass is 300 g/mol. The van der Waals surface area contributed by atoms with Crippen molar-refractivity contribution in [3.8, 4) is 11.4 Å². The number of anilines is 1. The molecule has 1 aromatic heterocycles. The highest BCUT2D eigenvalue weighted by molar-refractivity contribution is 5.53. The molecular weight excluding hydrogens is 276 g/mol.